The third-order valence-corrected chi connectivity index (χ3v) is 6.18. The zero-order valence-electron chi connectivity index (χ0n) is 14.8. The van der Waals surface area contributed by atoms with Crippen LogP contribution in [0.2, 0.25) is 0 Å². The minimum atomic E-state index is -0.297. The zero-order valence-corrected chi connectivity index (χ0v) is 14.8. The highest BCUT2D eigenvalue weighted by Crippen LogP contribution is 2.50. The largest absolute Gasteiger partial charge is 0.396 e. The molecule has 25 heavy (non-hydrogen) atoms. The lowest BCUT2D eigenvalue weighted by molar-refractivity contribution is -0.133. The molecule has 4 rings (SSSR count). The van der Waals surface area contributed by atoms with E-state index in [-0.39, 0.29) is 23.8 Å². The molecule has 0 aromatic heterocycles. The van der Waals surface area contributed by atoms with E-state index in [0.717, 1.165) is 57.8 Å². The van der Waals surface area contributed by atoms with Gasteiger partial charge in [-0.2, -0.15) is 0 Å². The number of nitrogens with zero attached hydrogens (tertiary/aromatic N) is 2. The standard InChI is InChI=1S/C20H28N2O3/c23-15-17-14-22(13-16(17)12-21-8-10-25-11-9-21)19(24)20(6-7-20)18-4-2-1-3-5-18/h1-5,16-17,23H,6-15H2/t16-,17-/m0/s1. The normalized spacial score (nSPS) is 28.9. The third kappa shape index (κ3) is 3.33. The fourth-order valence-electron chi connectivity index (χ4n) is 4.44. The van der Waals surface area contributed by atoms with Crippen molar-refractivity contribution in [2.45, 2.75) is 18.3 Å². The number of hydrogen-bond acceptors (Lipinski definition) is 4. The second-order valence-electron chi connectivity index (χ2n) is 7.77. The molecule has 5 heteroatoms. The molecule has 2 saturated heterocycles. The number of rotatable bonds is 5. The molecule has 3 fully saturated rings. The number of benzene rings is 1. The van der Waals surface area contributed by atoms with Gasteiger partial charge in [-0.05, 0) is 24.3 Å². The summed E-state index contributed by atoms with van der Waals surface area (Å²) in [6.07, 6.45) is 1.90. The van der Waals surface area contributed by atoms with Crippen LogP contribution in [0.25, 0.3) is 0 Å². The Morgan fingerprint density at radius 2 is 1.80 bits per heavy atom. The molecule has 136 valence electrons. The predicted octanol–water partition coefficient (Wildman–Crippen LogP) is 1.12. The molecule has 5 nitrogen and oxygen atoms in total. The number of aliphatic hydroxyl groups is 1. The molecule has 0 radical (unpaired) electrons. The van der Waals surface area contributed by atoms with Crippen molar-refractivity contribution in [1.29, 1.82) is 0 Å². The van der Waals surface area contributed by atoms with E-state index < -0.39 is 0 Å². The van der Waals surface area contributed by atoms with Crippen molar-refractivity contribution in [2.75, 3.05) is 52.5 Å². The molecule has 2 aliphatic heterocycles. The van der Waals surface area contributed by atoms with Crippen molar-refractivity contribution in [2.24, 2.45) is 11.8 Å². The monoisotopic (exact) mass is 344 g/mol. The van der Waals surface area contributed by atoms with Crippen molar-refractivity contribution in [3.05, 3.63) is 35.9 Å². The average Bonchev–Trinajstić information content (AvgIpc) is 3.38. The second-order valence-corrected chi connectivity index (χ2v) is 7.77. The van der Waals surface area contributed by atoms with E-state index >= 15 is 0 Å². The number of hydrogen-bond donors (Lipinski definition) is 1. The number of morpholine rings is 1. The summed E-state index contributed by atoms with van der Waals surface area (Å²) in [5.41, 5.74) is 0.854. The van der Waals surface area contributed by atoms with E-state index in [9.17, 15) is 9.90 Å². The van der Waals surface area contributed by atoms with E-state index in [1.54, 1.807) is 0 Å². The Kier molecular flexibility index (Phi) is 4.80. The molecular weight excluding hydrogens is 316 g/mol. The molecule has 1 amide bonds. The highest BCUT2D eigenvalue weighted by atomic mass is 16.5. The summed E-state index contributed by atoms with van der Waals surface area (Å²) in [6.45, 7) is 6.07. The van der Waals surface area contributed by atoms with Gasteiger partial charge in [0, 0.05) is 45.2 Å². The summed E-state index contributed by atoms with van der Waals surface area (Å²) in [5.74, 6) is 0.818. The molecule has 0 spiro atoms. The van der Waals surface area contributed by atoms with Gasteiger partial charge in [0.2, 0.25) is 5.91 Å². The van der Waals surface area contributed by atoms with Gasteiger partial charge in [-0.25, -0.2) is 0 Å². The first-order valence-corrected chi connectivity index (χ1v) is 9.49. The van der Waals surface area contributed by atoms with Crippen LogP contribution in [0.5, 0.6) is 0 Å². The fourth-order valence-corrected chi connectivity index (χ4v) is 4.44. The molecule has 3 aliphatic rings. The van der Waals surface area contributed by atoms with Crippen molar-refractivity contribution < 1.29 is 14.6 Å². The van der Waals surface area contributed by atoms with Crippen molar-refractivity contribution in [3.63, 3.8) is 0 Å². The summed E-state index contributed by atoms with van der Waals surface area (Å²) in [7, 11) is 0. The van der Waals surface area contributed by atoms with Crippen LogP contribution in [0.1, 0.15) is 18.4 Å². The number of carbonyl (C=O) groups is 1. The Labute approximate surface area is 149 Å². The number of likely N-dealkylation sites (tertiary alicyclic amines) is 1. The number of carbonyl (C=O) groups excluding carboxylic acids is 1. The summed E-state index contributed by atoms with van der Waals surface area (Å²) in [6, 6.07) is 10.2. The van der Waals surface area contributed by atoms with Crippen LogP contribution in [-0.2, 0) is 14.9 Å². The number of ether oxygens (including phenoxy) is 1. The lowest BCUT2D eigenvalue weighted by Crippen LogP contribution is -2.42. The predicted molar refractivity (Wildman–Crippen MR) is 95.3 cm³/mol. The molecule has 1 aromatic carbocycles. The Hall–Kier alpha value is -1.43. The SMILES string of the molecule is O=C(N1C[C@@H](CO)[C@@H](CN2CCOCC2)C1)C1(c2ccccc2)CC1. The minimum Gasteiger partial charge on any atom is -0.396 e. The van der Waals surface area contributed by atoms with Crippen LogP contribution in [0.3, 0.4) is 0 Å². The Balaban J connectivity index is 1.43. The van der Waals surface area contributed by atoms with Gasteiger partial charge >= 0.3 is 0 Å². The van der Waals surface area contributed by atoms with Crippen LogP contribution < -0.4 is 0 Å². The first kappa shape index (κ1) is 17.0. The van der Waals surface area contributed by atoms with E-state index in [1.807, 2.05) is 23.1 Å². The van der Waals surface area contributed by atoms with E-state index in [4.69, 9.17) is 4.74 Å². The van der Waals surface area contributed by atoms with Crippen LogP contribution in [0, 0.1) is 11.8 Å². The van der Waals surface area contributed by atoms with Crippen molar-refractivity contribution in [3.8, 4) is 0 Å². The molecule has 0 unspecified atom stereocenters. The first-order chi connectivity index (χ1) is 12.2. The van der Waals surface area contributed by atoms with E-state index in [1.165, 1.54) is 0 Å². The van der Waals surface area contributed by atoms with Gasteiger partial charge in [0.15, 0.2) is 0 Å². The Bertz CT molecular complexity index is 596. The van der Waals surface area contributed by atoms with Gasteiger partial charge < -0.3 is 14.7 Å². The van der Waals surface area contributed by atoms with Gasteiger partial charge in [0.1, 0.15) is 0 Å². The maximum Gasteiger partial charge on any atom is 0.233 e. The Morgan fingerprint density at radius 3 is 2.44 bits per heavy atom. The van der Waals surface area contributed by atoms with Crippen molar-refractivity contribution in [1.82, 2.24) is 9.80 Å². The van der Waals surface area contributed by atoms with Gasteiger partial charge in [0.05, 0.1) is 18.6 Å². The molecule has 1 aromatic rings. The zero-order chi connectivity index (χ0) is 17.3. The van der Waals surface area contributed by atoms with Gasteiger partial charge in [-0.3, -0.25) is 9.69 Å². The summed E-state index contributed by atoms with van der Waals surface area (Å²) in [5, 5.41) is 9.82. The third-order valence-electron chi connectivity index (χ3n) is 6.18. The summed E-state index contributed by atoms with van der Waals surface area (Å²) >= 11 is 0. The van der Waals surface area contributed by atoms with Crippen LogP contribution in [0.4, 0.5) is 0 Å². The molecule has 2 atom stereocenters. The minimum absolute atomic E-state index is 0.164. The molecule has 1 saturated carbocycles. The maximum absolute atomic E-state index is 13.2. The van der Waals surface area contributed by atoms with Crippen LogP contribution in [0.15, 0.2) is 30.3 Å². The maximum atomic E-state index is 13.2. The lowest BCUT2D eigenvalue weighted by Gasteiger charge is -2.30. The van der Waals surface area contributed by atoms with Crippen LogP contribution in [-0.4, -0.2) is 73.4 Å². The fraction of sp³-hybridized carbons (Fsp3) is 0.650. The summed E-state index contributed by atoms with van der Waals surface area (Å²) < 4.78 is 5.42. The van der Waals surface area contributed by atoms with Gasteiger partial charge in [-0.1, -0.05) is 30.3 Å². The molecular formula is C20H28N2O3. The van der Waals surface area contributed by atoms with E-state index in [0.29, 0.717) is 12.5 Å². The summed E-state index contributed by atoms with van der Waals surface area (Å²) in [4.78, 5) is 17.7. The number of amides is 1. The van der Waals surface area contributed by atoms with Gasteiger partial charge in [-0.15, -0.1) is 0 Å². The van der Waals surface area contributed by atoms with Gasteiger partial charge in [0.25, 0.3) is 0 Å². The topological polar surface area (TPSA) is 53.0 Å². The quantitative estimate of drug-likeness (QED) is 0.870. The molecule has 2 heterocycles. The first-order valence-electron chi connectivity index (χ1n) is 9.49. The second kappa shape index (κ2) is 7.06. The highest BCUT2D eigenvalue weighted by molar-refractivity contribution is 5.91. The lowest BCUT2D eigenvalue weighted by atomic mass is 9.94. The molecule has 1 aliphatic carbocycles. The molecule has 1 N–H and O–H groups in total. The molecule has 0 bridgehead atoms. The van der Waals surface area contributed by atoms with Crippen LogP contribution >= 0.6 is 0 Å². The van der Waals surface area contributed by atoms with E-state index in [2.05, 4.69) is 17.0 Å². The smallest absolute Gasteiger partial charge is 0.233 e. The number of aliphatic hydroxyl groups excluding tert-OH is 1. The highest BCUT2D eigenvalue weighted by Gasteiger charge is 2.54. The average molecular weight is 344 g/mol. The van der Waals surface area contributed by atoms with Crippen molar-refractivity contribution >= 4 is 5.91 Å². The Morgan fingerprint density at radius 1 is 1.12 bits per heavy atom.